The molecule has 0 saturated carbocycles. The predicted molar refractivity (Wildman–Crippen MR) is 114 cm³/mol. The van der Waals surface area contributed by atoms with Crippen LogP contribution in [0.2, 0.25) is 0 Å². The third-order valence-electron chi connectivity index (χ3n) is 5.13. The quantitative estimate of drug-likeness (QED) is 0.713. The zero-order chi connectivity index (χ0) is 21.7. The maximum atomic E-state index is 12.6. The van der Waals surface area contributed by atoms with Crippen molar-refractivity contribution in [2.75, 3.05) is 37.4 Å². The van der Waals surface area contributed by atoms with Crippen LogP contribution in [-0.2, 0) is 14.6 Å². The molecule has 3 rings (SSSR count). The summed E-state index contributed by atoms with van der Waals surface area (Å²) >= 11 is 0. The normalized spacial score (nSPS) is 16.9. The van der Waals surface area contributed by atoms with Crippen molar-refractivity contribution in [3.05, 3.63) is 41.7 Å². The number of carbonyl (C=O) groups is 1. The number of ether oxygens (including phenoxy) is 1. The van der Waals surface area contributed by atoms with E-state index in [-0.39, 0.29) is 29.0 Å². The van der Waals surface area contributed by atoms with E-state index in [4.69, 9.17) is 4.74 Å². The first-order valence-electron chi connectivity index (χ1n) is 10.0. The Morgan fingerprint density at radius 3 is 2.50 bits per heavy atom. The van der Waals surface area contributed by atoms with E-state index >= 15 is 0 Å². The number of nitrogens with one attached hydrogen (secondary N) is 1. The summed E-state index contributed by atoms with van der Waals surface area (Å²) in [4.78, 5) is 23.8. The van der Waals surface area contributed by atoms with Gasteiger partial charge in [-0.25, -0.2) is 18.4 Å². The Bertz CT molecular complexity index is 972. The number of benzene rings is 1. The number of hydrogen-bond donors (Lipinski definition) is 1. The van der Waals surface area contributed by atoms with Gasteiger partial charge in [-0.1, -0.05) is 0 Å². The molecule has 8 nitrogen and oxygen atoms in total. The summed E-state index contributed by atoms with van der Waals surface area (Å²) in [6, 6.07) is 8.16. The lowest BCUT2D eigenvalue weighted by molar-refractivity contribution is -0.125. The monoisotopic (exact) mass is 432 g/mol. The molecular formula is C21H28N4O4S. The number of sulfone groups is 1. The number of nitrogens with zero attached hydrogens (tertiary/aromatic N) is 3. The lowest BCUT2D eigenvalue weighted by atomic mass is 9.97. The van der Waals surface area contributed by atoms with Crippen LogP contribution in [0.15, 0.2) is 35.2 Å². The molecule has 1 aromatic carbocycles. The molecular weight excluding hydrogens is 404 g/mol. The van der Waals surface area contributed by atoms with E-state index in [1.54, 1.807) is 12.1 Å². The molecule has 0 spiro atoms. The SMILES string of the molecule is COc1ccc(S(=O)(=O)CCNC(=O)C2CCCN(c3nc(C)cc(C)n3)C2)cc1. The predicted octanol–water partition coefficient (Wildman–Crippen LogP) is 1.91. The second-order valence-electron chi connectivity index (χ2n) is 7.52. The number of rotatable bonds is 7. The number of hydrogen-bond acceptors (Lipinski definition) is 7. The first-order chi connectivity index (χ1) is 14.3. The molecule has 1 atom stereocenters. The molecule has 1 saturated heterocycles. The molecule has 9 heteroatoms. The summed E-state index contributed by atoms with van der Waals surface area (Å²) in [5, 5.41) is 2.79. The van der Waals surface area contributed by atoms with Crippen LogP contribution in [0.4, 0.5) is 5.95 Å². The number of carbonyl (C=O) groups excluding carboxylic acids is 1. The van der Waals surface area contributed by atoms with Crippen LogP contribution in [0.1, 0.15) is 24.2 Å². The third kappa shape index (κ3) is 5.47. The summed E-state index contributed by atoms with van der Waals surface area (Å²) < 4.78 is 30.0. The lowest BCUT2D eigenvalue weighted by Gasteiger charge is -2.32. The highest BCUT2D eigenvalue weighted by molar-refractivity contribution is 7.91. The molecule has 2 aromatic rings. The molecule has 2 heterocycles. The minimum atomic E-state index is -3.48. The zero-order valence-corrected chi connectivity index (χ0v) is 18.4. The molecule has 1 amide bonds. The molecule has 0 bridgehead atoms. The number of aryl methyl sites for hydroxylation is 2. The van der Waals surface area contributed by atoms with Crippen LogP contribution < -0.4 is 15.0 Å². The minimum Gasteiger partial charge on any atom is -0.497 e. The van der Waals surface area contributed by atoms with Gasteiger partial charge in [-0.2, -0.15) is 0 Å². The number of methoxy groups -OCH3 is 1. The summed E-state index contributed by atoms with van der Waals surface area (Å²) in [5.41, 5.74) is 1.79. The van der Waals surface area contributed by atoms with E-state index in [2.05, 4.69) is 15.3 Å². The van der Waals surface area contributed by atoms with Gasteiger partial charge in [0.25, 0.3) is 0 Å². The van der Waals surface area contributed by atoms with Crippen molar-refractivity contribution in [1.82, 2.24) is 15.3 Å². The Morgan fingerprint density at radius 1 is 1.20 bits per heavy atom. The van der Waals surface area contributed by atoms with Gasteiger partial charge in [-0.3, -0.25) is 4.79 Å². The van der Waals surface area contributed by atoms with E-state index in [9.17, 15) is 13.2 Å². The van der Waals surface area contributed by atoms with Gasteiger partial charge in [0, 0.05) is 31.0 Å². The average Bonchev–Trinajstić information content (AvgIpc) is 2.73. The fraction of sp³-hybridized carbons (Fsp3) is 0.476. The Hall–Kier alpha value is -2.68. The van der Waals surface area contributed by atoms with Crippen molar-refractivity contribution in [3.63, 3.8) is 0 Å². The van der Waals surface area contributed by atoms with Crippen LogP contribution in [0.25, 0.3) is 0 Å². The van der Waals surface area contributed by atoms with Crippen LogP contribution >= 0.6 is 0 Å². The van der Waals surface area contributed by atoms with Crippen LogP contribution in [0.3, 0.4) is 0 Å². The van der Waals surface area contributed by atoms with Crippen molar-refractivity contribution < 1.29 is 17.9 Å². The number of aromatic nitrogens is 2. The summed E-state index contributed by atoms with van der Waals surface area (Å²) in [5.74, 6) is 0.742. The largest absolute Gasteiger partial charge is 0.497 e. The van der Waals surface area contributed by atoms with Gasteiger partial charge in [0.1, 0.15) is 5.75 Å². The van der Waals surface area contributed by atoms with Gasteiger partial charge >= 0.3 is 0 Å². The van der Waals surface area contributed by atoms with E-state index in [1.807, 2.05) is 24.8 Å². The fourth-order valence-electron chi connectivity index (χ4n) is 3.58. The maximum Gasteiger partial charge on any atom is 0.225 e. The molecule has 0 radical (unpaired) electrons. The summed E-state index contributed by atoms with van der Waals surface area (Å²) in [6.07, 6.45) is 1.62. The standard InChI is InChI=1S/C21H28N4O4S/c1-15-13-16(2)24-21(23-15)25-11-4-5-17(14-25)20(26)22-10-12-30(27,28)19-8-6-18(29-3)7-9-19/h6-9,13,17H,4-5,10-12,14H2,1-3H3,(H,22,26). The second kappa shape index (κ2) is 9.42. The molecule has 1 aliphatic rings. The second-order valence-corrected chi connectivity index (χ2v) is 9.63. The molecule has 1 unspecified atom stereocenters. The van der Waals surface area contributed by atoms with E-state index in [0.717, 1.165) is 30.8 Å². The van der Waals surface area contributed by atoms with Gasteiger partial charge in [0.2, 0.25) is 11.9 Å². The van der Waals surface area contributed by atoms with Gasteiger partial charge in [-0.05, 0) is 57.0 Å². The maximum absolute atomic E-state index is 12.6. The Kier molecular flexibility index (Phi) is 6.91. The van der Waals surface area contributed by atoms with Gasteiger partial charge < -0.3 is 15.0 Å². The van der Waals surface area contributed by atoms with E-state index in [0.29, 0.717) is 18.2 Å². The lowest BCUT2D eigenvalue weighted by Crippen LogP contribution is -2.44. The van der Waals surface area contributed by atoms with Crippen molar-refractivity contribution in [1.29, 1.82) is 0 Å². The van der Waals surface area contributed by atoms with Gasteiger partial charge in [-0.15, -0.1) is 0 Å². The molecule has 1 aromatic heterocycles. The van der Waals surface area contributed by atoms with Crippen LogP contribution in [0.5, 0.6) is 5.75 Å². The molecule has 30 heavy (non-hydrogen) atoms. The van der Waals surface area contributed by atoms with E-state index in [1.165, 1.54) is 19.2 Å². The first kappa shape index (κ1) is 22.0. The van der Waals surface area contributed by atoms with E-state index < -0.39 is 9.84 Å². The Labute approximate surface area is 177 Å². The van der Waals surface area contributed by atoms with Crippen molar-refractivity contribution in [2.24, 2.45) is 5.92 Å². The summed E-state index contributed by atoms with van der Waals surface area (Å²) in [6.45, 7) is 5.26. The van der Waals surface area contributed by atoms with Crippen molar-refractivity contribution in [2.45, 2.75) is 31.6 Å². The molecule has 0 aliphatic carbocycles. The average molecular weight is 433 g/mol. The van der Waals surface area contributed by atoms with Gasteiger partial charge in [0.05, 0.1) is 23.7 Å². The van der Waals surface area contributed by atoms with Crippen LogP contribution in [0, 0.1) is 19.8 Å². The number of anilines is 1. The smallest absolute Gasteiger partial charge is 0.225 e. The highest BCUT2D eigenvalue weighted by Crippen LogP contribution is 2.21. The fourth-order valence-corrected chi connectivity index (χ4v) is 4.73. The molecule has 1 N–H and O–H groups in total. The highest BCUT2D eigenvalue weighted by atomic mass is 32.2. The molecule has 162 valence electrons. The van der Waals surface area contributed by atoms with Crippen LogP contribution in [-0.4, -0.2) is 56.8 Å². The number of piperidine rings is 1. The summed E-state index contributed by atoms with van der Waals surface area (Å²) in [7, 11) is -1.95. The molecule has 1 fully saturated rings. The van der Waals surface area contributed by atoms with Crippen molar-refractivity contribution >= 4 is 21.7 Å². The topological polar surface area (TPSA) is 101 Å². The number of amides is 1. The third-order valence-corrected chi connectivity index (χ3v) is 6.87. The first-order valence-corrected chi connectivity index (χ1v) is 11.7. The van der Waals surface area contributed by atoms with Gasteiger partial charge in [0.15, 0.2) is 9.84 Å². The zero-order valence-electron chi connectivity index (χ0n) is 17.6. The molecule has 1 aliphatic heterocycles. The Balaban J connectivity index is 1.55. The Morgan fingerprint density at radius 2 is 1.87 bits per heavy atom. The highest BCUT2D eigenvalue weighted by Gasteiger charge is 2.27. The van der Waals surface area contributed by atoms with Crippen molar-refractivity contribution in [3.8, 4) is 5.75 Å². The minimum absolute atomic E-state index is 0.0732.